The molecule has 1 nitrogen and oxygen atoms in total. The molecule has 0 aliphatic heterocycles. The summed E-state index contributed by atoms with van der Waals surface area (Å²) in [7, 11) is 0. The maximum absolute atomic E-state index is 4.78. The molecule has 0 atom stereocenters. The van der Waals surface area contributed by atoms with Gasteiger partial charge in [-0.25, -0.2) is 0 Å². The highest BCUT2D eigenvalue weighted by Gasteiger charge is 1.69. The smallest absolute Gasteiger partial charge is 0.157 e. The Morgan fingerprint density at radius 3 is 3.00 bits per heavy atom. The number of hydrogen-bond donors (Lipinski definition) is 0. The Kier molecular flexibility index (Phi) is 5.71. The van der Waals surface area contributed by atoms with Crippen molar-refractivity contribution in [3.8, 4) is 0 Å². The van der Waals surface area contributed by atoms with Gasteiger partial charge >= 0.3 is 0 Å². The van der Waals surface area contributed by atoms with E-state index >= 15 is 0 Å². The zero-order valence-corrected chi connectivity index (χ0v) is 5.18. The Bertz CT molecular complexity index is 74.5. The van der Waals surface area contributed by atoms with Gasteiger partial charge in [0.15, 0.2) is 6.26 Å². The van der Waals surface area contributed by atoms with Crippen molar-refractivity contribution in [2.75, 3.05) is 6.61 Å². The van der Waals surface area contributed by atoms with E-state index in [1.807, 2.05) is 6.92 Å². The van der Waals surface area contributed by atoms with Gasteiger partial charge in [-0.15, -0.1) is 6.58 Å². The first-order chi connectivity index (χ1) is 3.91. The van der Waals surface area contributed by atoms with Crippen molar-refractivity contribution in [1.29, 1.82) is 0 Å². The van der Waals surface area contributed by atoms with Gasteiger partial charge in [0.05, 0.1) is 6.61 Å². The Hall–Kier alpha value is -0.720. The van der Waals surface area contributed by atoms with E-state index in [0.717, 1.165) is 6.42 Å². The summed E-state index contributed by atoms with van der Waals surface area (Å²) in [4.78, 5) is 0. The molecule has 1 radical (unpaired) electrons. The molecule has 8 heavy (non-hydrogen) atoms. The molecule has 45 valence electrons. The van der Waals surface area contributed by atoms with E-state index in [0.29, 0.717) is 6.61 Å². The maximum Gasteiger partial charge on any atom is 0.157 e. The summed E-state index contributed by atoms with van der Waals surface area (Å²) in [6, 6.07) is 0. The molecule has 0 saturated carbocycles. The fourth-order valence-corrected chi connectivity index (χ4v) is 0.274. The van der Waals surface area contributed by atoms with Crippen LogP contribution in [0.4, 0.5) is 0 Å². The second kappa shape index (κ2) is 6.28. The minimum atomic E-state index is 0.688. The number of allylic oxidation sites excluding steroid dienone is 2. The van der Waals surface area contributed by atoms with E-state index in [4.69, 9.17) is 4.74 Å². The standard InChI is InChI=1S/C7H11O/c1-3-5-6-7-8-4-2/h3,6H,1,4-5H2,2H3. The molecule has 0 rings (SSSR count). The highest BCUT2D eigenvalue weighted by molar-refractivity contribution is 4.79. The van der Waals surface area contributed by atoms with E-state index < -0.39 is 0 Å². The first-order valence-electron chi connectivity index (χ1n) is 2.71. The minimum Gasteiger partial charge on any atom is -0.490 e. The molecule has 0 fully saturated rings. The van der Waals surface area contributed by atoms with Crippen molar-refractivity contribution in [3.63, 3.8) is 0 Å². The lowest BCUT2D eigenvalue weighted by Gasteiger charge is -1.86. The Balaban J connectivity index is 2.94. The fourth-order valence-electron chi connectivity index (χ4n) is 0.274. The van der Waals surface area contributed by atoms with Gasteiger partial charge in [0.1, 0.15) is 0 Å². The number of hydrogen-bond acceptors (Lipinski definition) is 1. The molecule has 1 heteroatoms. The minimum absolute atomic E-state index is 0.688. The van der Waals surface area contributed by atoms with Crippen molar-refractivity contribution in [3.05, 3.63) is 25.0 Å². The third-order valence-corrected chi connectivity index (χ3v) is 0.596. The fraction of sp³-hybridized carbons (Fsp3) is 0.429. The van der Waals surface area contributed by atoms with Gasteiger partial charge in [0.25, 0.3) is 0 Å². The molecule has 0 unspecified atom stereocenters. The van der Waals surface area contributed by atoms with Crippen molar-refractivity contribution < 1.29 is 4.74 Å². The molecule has 0 aromatic heterocycles. The van der Waals surface area contributed by atoms with E-state index in [9.17, 15) is 0 Å². The second-order valence-corrected chi connectivity index (χ2v) is 1.28. The van der Waals surface area contributed by atoms with E-state index in [2.05, 4.69) is 12.8 Å². The topological polar surface area (TPSA) is 9.23 Å². The van der Waals surface area contributed by atoms with Gasteiger partial charge in [-0.05, 0) is 19.4 Å². The summed E-state index contributed by atoms with van der Waals surface area (Å²) in [5, 5.41) is 0. The molecule has 0 bridgehead atoms. The van der Waals surface area contributed by atoms with E-state index in [1.165, 1.54) is 0 Å². The van der Waals surface area contributed by atoms with Gasteiger partial charge in [-0.1, -0.05) is 6.08 Å². The van der Waals surface area contributed by atoms with Gasteiger partial charge in [0.2, 0.25) is 0 Å². The van der Waals surface area contributed by atoms with Crippen LogP contribution >= 0.6 is 0 Å². The molecular formula is C7H11O. The van der Waals surface area contributed by atoms with Crippen LogP contribution in [-0.2, 0) is 4.74 Å². The van der Waals surface area contributed by atoms with Crippen LogP contribution in [0.2, 0.25) is 0 Å². The largest absolute Gasteiger partial charge is 0.490 e. The summed E-state index contributed by atoms with van der Waals surface area (Å²) < 4.78 is 4.78. The van der Waals surface area contributed by atoms with Crippen LogP contribution in [0.5, 0.6) is 0 Å². The van der Waals surface area contributed by atoms with Crippen LogP contribution < -0.4 is 0 Å². The highest BCUT2D eigenvalue weighted by Crippen LogP contribution is 1.81. The van der Waals surface area contributed by atoms with Crippen LogP contribution in [0, 0.1) is 6.26 Å². The molecule has 0 aromatic carbocycles. The predicted octanol–water partition coefficient (Wildman–Crippen LogP) is 1.92. The molecule has 0 N–H and O–H groups in total. The van der Waals surface area contributed by atoms with Crippen LogP contribution in [0.15, 0.2) is 18.7 Å². The summed E-state index contributed by atoms with van der Waals surface area (Å²) >= 11 is 0. The summed E-state index contributed by atoms with van der Waals surface area (Å²) in [6.07, 6.45) is 7.07. The van der Waals surface area contributed by atoms with Gasteiger partial charge in [-0.3, -0.25) is 0 Å². The molecule has 0 aliphatic carbocycles. The number of ether oxygens (including phenoxy) is 1. The molecule has 0 saturated heterocycles. The maximum atomic E-state index is 4.78. The van der Waals surface area contributed by atoms with Gasteiger partial charge in [0, 0.05) is 0 Å². The van der Waals surface area contributed by atoms with Crippen LogP contribution in [0.3, 0.4) is 0 Å². The normalized spacial score (nSPS) is 9.62. The van der Waals surface area contributed by atoms with Crippen molar-refractivity contribution in [2.24, 2.45) is 0 Å². The van der Waals surface area contributed by atoms with Crippen LogP contribution in [-0.4, -0.2) is 6.61 Å². The van der Waals surface area contributed by atoms with Crippen molar-refractivity contribution in [2.45, 2.75) is 13.3 Å². The third kappa shape index (κ3) is 5.28. The van der Waals surface area contributed by atoms with Gasteiger partial charge < -0.3 is 4.74 Å². The van der Waals surface area contributed by atoms with Crippen molar-refractivity contribution >= 4 is 0 Å². The highest BCUT2D eigenvalue weighted by atomic mass is 16.5. The van der Waals surface area contributed by atoms with Crippen LogP contribution in [0.25, 0.3) is 0 Å². The molecule has 0 aliphatic rings. The van der Waals surface area contributed by atoms with Crippen LogP contribution in [0.1, 0.15) is 13.3 Å². The Labute approximate surface area is 50.7 Å². The zero-order valence-electron chi connectivity index (χ0n) is 5.18. The molecule has 0 spiro atoms. The Morgan fingerprint density at radius 2 is 2.50 bits per heavy atom. The lowest BCUT2D eigenvalue weighted by atomic mass is 10.4. The summed E-state index contributed by atoms with van der Waals surface area (Å²) in [5.74, 6) is 0. The summed E-state index contributed by atoms with van der Waals surface area (Å²) in [5.41, 5.74) is 0. The third-order valence-electron chi connectivity index (χ3n) is 0.596. The molecular weight excluding hydrogens is 100 g/mol. The monoisotopic (exact) mass is 111 g/mol. The SMILES string of the molecule is C=CC/C=[C]\OCC. The van der Waals surface area contributed by atoms with Crippen molar-refractivity contribution in [1.82, 2.24) is 0 Å². The molecule has 0 heterocycles. The van der Waals surface area contributed by atoms with Gasteiger partial charge in [-0.2, -0.15) is 0 Å². The predicted molar refractivity (Wildman–Crippen MR) is 34.3 cm³/mol. The second-order valence-electron chi connectivity index (χ2n) is 1.28. The molecule has 0 aromatic rings. The number of rotatable bonds is 4. The zero-order chi connectivity index (χ0) is 6.24. The average Bonchev–Trinajstić information content (AvgIpc) is 1.81. The molecule has 0 amide bonds. The average molecular weight is 111 g/mol. The van der Waals surface area contributed by atoms with E-state index in [-0.39, 0.29) is 0 Å². The Morgan fingerprint density at radius 1 is 1.75 bits per heavy atom. The first kappa shape index (κ1) is 7.28. The van der Waals surface area contributed by atoms with E-state index in [1.54, 1.807) is 12.2 Å². The lowest BCUT2D eigenvalue weighted by Crippen LogP contribution is -1.76. The summed E-state index contributed by atoms with van der Waals surface area (Å²) in [6.45, 7) is 6.14. The first-order valence-corrected chi connectivity index (χ1v) is 2.71. The quantitative estimate of drug-likeness (QED) is 0.398. The lowest BCUT2D eigenvalue weighted by molar-refractivity contribution is 0.246.